The minimum atomic E-state index is -1.55. The lowest BCUT2D eigenvalue weighted by Gasteiger charge is -2.14. The van der Waals surface area contributed by atoms with E-state index in [-0.39, 0.29) is 18.5 Å². The van der Waals surface area contributed by atoms with Crippen molar-refractivity contribution in [1.82, 2.24) is 4.57 Å². The number of carbonyl (C=O) groups is 1. The summed E-state index contributed by atoms with van der Waals surface area (Å²) in [6.45, 7) is -0.0269. The van der Waals surface area contributed by atoms with Crippen molar-refractivity contribution < 1.29 is 15.0 Å². The second-order valence-electron chi connectivity index (χ2n) is 5.82. The maximum absolute atomic E-state index is 12.5. The van der Waals surface area contributed by atoms with Crippen LogP contribution in [0.4, 0.5) is 0 Å². The summed E-state index contributed by atoms with van der Waals surface area (Å²) in [5.74, 6) is -1.55. The smallest absolute Gasteiger partial charge is 0.198 e. The van der Waals surface area contributed by atoms with Crippen LogP contribution in [0.25, 0.3) is 10.9 Å². The second kappa shape index (κ2) is 7.50. The van der Waals surface area contributed by atoms with Crippen LogP contribution in [0.1, 0.15) is 21.5 Å². The van der Waals surface area contributed by atoms with Gasteiger partial charge in [-0.2, -0.15) is 0 Å². The molecule has 0 aliphatic rings. The molecule has 7 heteroatoms. The molecule has 2 aromatic carbocycles. The summed E-state index contributed by atoms with van der Waals surface area (Å²) in [5.41, 5.74) is 1.06. The number of carbonyl (C=O) groups excluding carboxylic acids is 1. The number of rotatable bonds is 5. The zero-order chi connectivity index (χ0) is 18.8. The van der Waals surface area contributed by atoms with Gasteiger partial charge in [-0.3, -0.25) is 4.79 Å². The van der Waals surface area contributed by atoms with E-state index in [0.717, 1.165) is 11.1 Å². The molecule has 0 amide bonds. The SMILES string of the molecule is O=C([O-])c1cn(CCO)c2ccc(Cc3cccc(Cl)c3Cl)cc2c1=O. The molecule has 0 fully saturated rings. The molecular weight excluding hydrogens is 377 g/mol. The third kappa shape index (κ3) is 3.46. The van der Waals surface area contributed by atoms with E-state index < -0.39 is 17.0 Å². The number of nitrogens with zero attached hydrogens (tertiary/aromatic N) is 1. The molecule has 3 aromatic rings. The van der Waals surface area contributed by atoms with Crippen LogP contribution in [-0.4, -0.2) is 22.2 Å². The van der Waals surface area contributed by atoms with E-state index in [4.69, 9.17) is 23.2 Å². The largest absolute Gasteiger partial charge is 0.545 e. The highest BCUT2D eigenvalue weighted by Crippen LogP contribution is 2.28. The number of fused-ring (bicyclic) bond motifs is 1. The molecule has 1 aromatic heterocycles. The van der Waals surface area contributed by atoms with Crippen LogP contribution >= 0.6 is 23.2 Å². The Hall–Kier alpha value is -2.34. The summed E-state index contributed by atoms with van der Waals surface area (Å²) >= 11 is 12.2. The summed E-state index contributed by atoms with van der Waals surface area (Å²) in [7, 11) is 0. The number of pyridine rings is 1. The van der Waals surface area contributed by atoms with E-state index in [1.807, 2.05) is 12.1 Å². The average Bonchev–Trinajstić information content (AvgIpc) is 2.61. The van der Waals surface area contributed by atoms with Gasteiger partial charge in [-0.25, -0.2) is 0 Å². The maximum atomic E-state index is 12.5. The third-order valence-corrected chi connectivity index (χ3v) is 4.99. The molecule has 0 radical (unpaired) electrons. The Labute approximate surface area is 159 Å². The van der Waals surface area contributed by atoms with E-state index in [1.165, 1.54) is 10.8 Å². The molecule has 1 heterocycles. The van der Waals surface area contributed by atoms with Crippen molar-refractivity contribution in [3.63, 3.8) is 0 Å². The lowest BCUT2D eigenvalue weighted by Crippen LogP contribution is -2.30. The number of aliphatic hydroxyl groups excluding tert-OH is 1. The second-order valence-corrected chi connectivity index (χ2v) is 6.60. The number of halogens is 2. The molecular formula is C19H14Cl2NO4-. The number of hydrogen-bond acceptors (Lipinski definition) is 4. The van der Waals surface area contributed by atoms with Gasteiger partial charge in [0.2, 0.25) is 0 Å². The number of aromatic nitrogens is 1. The molecule has 0 unspecified atom stereocenters. The molecule has 0 atom stereocenters. The van der Waals surface area contributed by atoms with Crippen molar-refractivity contribution in [3.05, 3.63) is 79.6 Å². The Bertz CT molecular complexity index is 1060. The lowest BCUT2D eigenvalue weighted by atomic mass is 10.0. The zero-order valence-corrected chi connectivity index (χ0v) is 15.0. The summed E-state index contributed by atoms with van der Waals surface area (Å²) < 4.78 is 1.53. The predicted octanol–water partition coefficient (Wildman–Crippen LogP) is 2.25. The van der Waals surface area contributed by atoms with Gasteiger partial charge < -0.3 is 19.6 Å². The number of aliphatic hydroxyl groups is 1. The topological polar surface area (TPSA) is 82.4 Å². The molecule has 0 aliphatic carbocycles. The molecule has 0 saturated heterocycles. The average molecular weight is 391 g/mol. The molecule has 134 valence electrons. The van der Waals surface area contributed by atoms with Crippen LogP contribution in [-0.2, 0) is 13.0 Å². The minimum absolute atomic E-state index is 0.163. The number of benzene rings is 2. The van der Waals surface area contributed by atoms with Crippen LogP contribution < -0.4 is 10.5 Å². The first kappa shape index (κ1) is 18.5. The van der Waals surface area contributed by atoms with Crippen LogP contribution in [0.2, 0.25) is 10.0 Å². The Kier molecular flexibility index (Phi) is 5.32. The van der Waals surface area contributed by atoms with Gasteiger partial charge in [0.25, 0.3) is 0 Å². The molecule has 3 rings (SSSR count). The zero-order valence-electron chi connectivity index (χ0n) is 13.5. The number of aromatic carboxylic acids is 1. The van der Waals surface area contributed by atoms with E-state index in [0.29, 0.717) is 22.0 Å². The van der Waals surface area contributed by atoms with Gasteiger partial charge in [0, 0.05) is 18.1 Å². The number of hydrogen-bond donors (Lipinski definition) is 1. The standard InChI is InChI=1S/C19H15Cl2NO4/c20-15-3-1-2-12(17(15)21)8-11-4-5-16-13(9-11)18(24)14(19(25)26)10-22(16)6-7-23/h1-5,9-10,23H,6-8H2,(H,25,26)/p-1. The Balaban J connectivity index is 2.15. The van der Waals surface area contributed by atoms with Crippen LogP contribution in [0.15, 0.2) is 47.4 Å². The molecule has 1 N–H and O–H groups in total. The fraction of sp³-hybridized carbons (Fsp3) is 0.158. The molecule has 5 nitrogen and oxygen atoms in total. The summed E-state index contributed by atoms with van der Waals surface area (Å²) in [4.78, 5) is 23.8. The Morgan fingerprint density at radius 3 is 2.65 bits per heavy atom. The van der Waals surface area contributed by atoms with Crippen molar-refractivity contribution in [1.29, 1.82) is 0 Å². The molecule has 0 aliphatic heterocycles. The summed E-state index contributed by atoms with van der Waals surface area (Å²) in [6, 6.07) is 10.5. The van der Waals surface area contributed by atoms with Crippen molar-refractivity contribution in [2.45, 2.75) is 13.0 Å². The Morgan fingerprint density at radius 1 is 1.19 bits per heavy atom. The van der Waals surface area contributed by atoms with Gasteiger partial charge in [0.1, 0.15) is 0 Å². The normalized spacial score (nSPS) is 11.0. The van der Waals surface area contributed by atoms with E-state index in [1.54, 1.807) is 24.3 Å². The molecule has 26 heavy (non-hydrogen) atoms. The highest BCUT2D eigenvalue weighted by atomic mass is 35.5. The first-order valence-corrected chi connectivity index (χ1v) is 8.59. The maximum Gasteiger partial charge on any atom is 0.198 e. The van der Waals surface area contributed by atoms with Crippen LogP contribution in [0.3, 0.4) is 0 Å². The van der Waals surface area contributed by atoms with Gasteiger partial charge >= 0.3 is 0 Å². The minimum Gasteiger partial charge on any atom is -0.545 e. The van der Waals surface area contributed by atoms with E-state index in [2.05, 4.69) is 0 Å². The van der Waals surface area contributed by atoms with Crippen LogP contribution in [0, 0.1) is 0 Å². The fourth-order valence-electron chi connectivity index (χ4n) is 2.90. The van der Waals surface area contributed by atoms with Crippen LogP contribution in [0.5, 0.6) is 0 Å². The molecule has 0 saturated carbocycles. The highest BCUT2D eigenvalue weighted by Gasteiger charge is 2.12. The highest BCUT2D eigenvalue weighted by molar-refractivity contribution is 6.42. The summed E-state index contributed by atoms with van der Waals surface area (Å²) in [5, 5.41) is 21.6. The van der Waals surface area contributed by atoms with Gasteiger partial charge in [-0.1, -0.05) is 41.4 Å². The summed E-state index contributed by atoms with van der Waals surface area (Å²) in [6.07, 6.45) is 1.63. The van der Waals surface area contributed by atoms with Crippen molar-refractivity contribution in [2.24, 2.45) is 0 Å². The fourth-order valence-corrected chi connectivity index (χ4v) is 3.28. The van der Waals surface area contributed by atoms with Gasteiger partial charge in [-0.15, -0.1) is 0 Å². The van der Waals surface area contributed by atoms with Crippen molar-refractivity contribution in [2.75, 3.05) is 6.61 Å². The van der Waals surface area contributed by atoms with Gasteiger partial charge in [-0.05, 0) is 35.7 Å². The predicted molar refractivity (Wildman–Crippen MR) is 98.9 cm³/mol. The van der Waals surface area contributed by atoms with E-state index in [9.17, 15) is 19.8 Å². The monoisotopic (exact) mass is 390 g/mol. The van der Waals surface area contributed by atoms with Crippen molar-refractivity contribution in [3.8, 4) is 0 Å². The first-order valence-electron chi connectivity index (χ1n) is 7.83. The number of carboxylic acids is 1. The molecule has 0 spiro atoms. The van der Waals surface area contributed by atoms with Gasteiger partial charge in [0.15, 0.2) is 5.43 Å². The quantitative estimate of drug-likeness (QED) is 0.724. The number of carboxylic acid groups (broad SMARTS) is 1. The third-order valence-electron chi connectivity index (χ3n) is 4.13. The van der Waals surface area contributed by atoms with Gasteiger partial charge in [0.05, 0.1) is 33.7 Å². The van der Waals surface area contributed by atoms with E-state index >= 15 is 0 Å². The van der Waals surface area contributed by atoms with Crippen molar-refractivity contribution >= 4 is 40.1 Å². The first-order chi connectivity index (χ1) is 12.4. The Morgan fingerprint density at radius 2 is 1.96 bits per heavy atom. The lowest BCUT2D eigenvalue weighted by molar-refractivity contribution is -0.255. The molecule has 0 bridgehead atoms.